The van der Waals surface area contributed by atoms with Crippen molar-refractivity contribution in [3.63, 3.8) is 0 Å². The Labute approximate surface area is 106 Å². The van der Waals surface area contributed by atoms with Gasteiger partial charge in [0.05, 0.1) is 12.5 Å². The molecule has 0 fully saturated rings. The van der Waals surface area contributed by atoms with Crippen molar-refractivity contribution in [3.05, 3.63) is 29.3 Å². The zero-order valence-corrected chi connectivity index (χ0v) is 10.5. The molecule has 0 saturated heterocycles. The number of benzene rings is 1. The number of aromatic hydroxyl groups is 1. The average Bonchev–Trinajstić information content (AvgIpc) is 2.29. The second-order valence-corrected chi connectivity index (χ2v) is 4.28. The van der Waals surface area contributed by atoms with Crippen LogP contribution >= 0.6 is 15.9 Å². The Hall–Kier alpha value is -1.11. The number of carboxylic acids is 1. The molecule has 1 aromatic rings. The van der Waals surface area contributed by atoms with Gasteiger partial charge in [-0.05, 0) is 17.7 Å². The Morgan fingerprint density at radius 1 is 1.35 bits per heavy atom. The molecule has 1 aromatic carbocycles. The lowest BCUT2D eigenvalue weighted by Gasteiger charge is -2.17. The number of alkyl halides is 1. The van der Waals surface area contributed by atoms with E-state index in [9.17, 15) is 20.1 Å². The van der Waals surface area contributed by atoms with Gasteiger partial charge in [-0.3, -0.25) is 4.79 Å². The summed E-state index contributed by atoms with van der Waals surface area (Å²) in [6.07, 6.45) is -2.53. The molecule has 6 heteroatoms. The number of rotatable bonds is 5. The van der Waals surface area contributed by atoms with Gasteiger partial charge >= 0.3 is 5.97 Å². The minimum atomic E-state index is -1.26. The molecule has 0 radical (unpaired) electrons. The van der Waals surface area contributed by atoms with Crippen LogP contribution in [0.3, 0.4) is 0 Å². The van der Waals surface area contributed by atoms with Crippen LogP contribution in [0, 0.1) is 0 Å². The number of phenolic OH excluding ortho intramolecular Hbond substituents is 1. The zero-order valence-electron chi connectivity index (χ0n) is 8.88. The molecule has 94 valence electrons. The van der Waals surface area contributed by atoms with E-state index in [0.29, 0.717) is 5.56 Å². The van der Waals surface area contributed by atoms with Crippen molar-refractivity contribution in [1.82, 2.24) is 0 Å². The average molecular weight is 305 g/mol. The molecule has 0 amide bonds. The number of aliphatic hydroxyl groups is 2. The highest BCUT2D eigenvalue weighted by molar-refractivity contribution is 9.09. The van der Waals surface area contributed by atoms with Crippen LogP contribution in [-0.2, 0) is 11.2 Å². The monoisotopic (exact) mass is 304 g/mol. The molecular weight excluding hydrogens is 292 g/mol. The van der Waals surface area contributed by atoms with Gasteiger partial charge in [-0.15, -0.1) is 0 Å². The van der Waals surface area contributed by atoms with Crippen molar-refractivity contribution >= 4 is 21.9 Å². The van der Waals surface area contributed by atoms with Crippen molar-refractivity contribution in [2.75, 3.05) is 5.33 Å². The van der Waals surface area contributed by atoms with Crippen LogP contribution in [0.25, 0.3) is 0 Å². The summed E-state index contributed by atoms with van der Waals surface area (Å²) in [6, 6.07) is 4.14. The second-order valence-electron chi connectivity index (χ2n) is 3.63. The fourth-order valence-corrected chi connectivity index (χ4v) is 1.77. The van der Waals surface area contributed by atoms with Crippen molar-refractivity contribution in [2.24, 2.45) is 0 Å². The standard InChI is InChI=1S/C11H13BrO5/c12-5-9(14)11(17)7-3-6(4-10(15)16)1-2-8(7)13/h1-3,9,11,13-14,17H,4-5H2,(H,15,16). The molecule has 0 bridgehead atoms. The highest BCUT2D eigenvalue weighted by atomic mass is 79.9. The smallest absolute Gasteiger partial charge is 0.307 e. The SMILES string of the molecule is O=C(O)Cc1ccc(O)c(C(O)C(O)CBr)c1. The van der Waals surface area contributed by atoms with Crippen molar-refractivity contribution < 1.29 is 25.2 Å². The van der Waals surface area contributed by atoms with E-state index in [2.05, 4.69) is 15.9 Å². The fraction of sp³-hybridized carbons (Fsp3) is 0.364. The van der Waals surface area contributed by atoms with E-state index in [1.807, 2.05) is 0 Å². The van der Waals surface area contributed by atoms with Crippen LogP contribution in [0.1, 0.15) is 17.2 Å². The summed E-state index contributed by atoms with van der Waals surface area (Å²) in [4.78, 5) is 10.5. The third-order valence-corrected chi connectivity index (χ3v) is 2.95. The second kappa shape index (κ2) is 6.00. The summed E-state index contributed by atoms with van der Waals surface area (Å²) in [5.74, 6) is -1.18. The number of carboxylic acid groups (broad SMARTS) is 1. The number of carbonyl (C=O) groups is 1. The normalized spacial score (nSPS) is 14.3. The number of hydrogen-bond acceptors (Lipinski definition) is 4. The molecule has 0 aromatic heterocycles. The lowest BCUT2D eigenvalue weighted by Crippen LogP contribution is -2.19. The minimum Gasteiger partial charge on any atom is -0.508 e. The highest BCUT2D eigenvalue weighted by Crippen LogP contribution is 2.28. The lowest BCUT2D eigenvalue weighted by atomic mass is 10.0. The molecule has 2 atom stereocenters. The molecule has 5 nitrogen and oxygen atoms in total. The third kappa shape index (κ3) is 3.69. The first-order valence-electron chi connectivity index (χ1n) is 4.91. The maximum atomic E-state index is 10.5. The Kier molecular flexibility index (Phi) is 4.92. The van der Waals surface area contributed by atoms with Crippen LogP contribution < -0.4 is 0 Å². The van der Waals surface area contributed by atoms with Gasteiger partial charge in [0, 0.05) is 10.9 Å². The molecule has 0 heterocycles. The summed E-state index contributed by atoms with van der Waals surface area (Å²) < 4.78 is 0. The first-order chi connectivity index (χ1) is 7.95. The number of aliphatic hydroxyl groups excluding tert-OH is 2. The summed E-state index contributed by atoms with van der Waals surface area (Å²) >= 11 is 3.01. The molecule has 0 aliphatic rings. The van der Waals surface area contributed by atoms with E-state index in [4.69, 9.17) is 5.11 Å². The molecular formula is C11H13BrO5. The van der Waals surface area contributed by atoms with Gasteiger partial charge in [0.25, 0.3) is 0 Å². The summed E-state index contributed by atoms with van der Waals surface area (Å²) in [6.45, 7) is 0. The molecule has 4 N–H and O–H groups in total. The Bertz CT molecular complexity index is 407. The maximum Gasteiger partial charge on any atom is 0.307 e. The largest absolute Gasteiger partial charge is 0.508 e. The maximum absolute atomic E-state index is 10.5. The van der Waals surface area contributed by atoms with Gasteiger partial charge in [0.2, 0.25) is 0 Å². The van der Waals surface area contributed by atoms with Crippen molar-refractivity contribution in [3.8, 4) is 5.75 Å². The van der Waals surface area contributed by atoms with E-state index >= 15 is 0 Å². The van der Waals surface area contributed by atoms with E-state index in [0.717, 1.165) is 0 Å². The molecule has 17 heavy (non-hydrogen) atoms. The van der Waals surface area contributed by atoms with E-state index in [1.54, 1.807) is 0 Å². The van der Waals surface area contributed by atoms with Gasteiger partial charge in [-0.1, -0.05) is 22.0 Å². The van der Waals surface area contributed by atoms with Crippen LogP contribution in [0.5, 0.6) is 5.75 Å². The predicted molar refractivity (Wildman–Crippen MR) is 64.2 cm³/mol. The van der Waals surface area contributed by atoms with Crippen molar-refractivity contribution in [1.29, 1.82) is 0 Å². The van der Waals surface area contributed by atoms with Gasteiger partial charge in [-0.2, -0.15) is 0 Å². The number of hydrogen-bond donors (Lipinski definition) is 4. The Morgan fingerprint density at radius 2 is 2.00 bits per heavy atom. The number of phenols is 1. The highest BCUT2D eigenvalue weighted by Gasteiger charge is 2.20. The Balaban J connectivity index is 3.01. The van der Waals surface area contributed by atoms with Gasteiger partial charge < -0.3 is 20.4 Å². The van der Waals surface area contributed by atoms with E-state index in [-0.39, 0.29) is 23.1 Å². The minimum absolute atomic E-state index is 0.121. The van der Waals surface area contributed by atoms with Gasteiger partial charge in [0.1, 0.15) is 11.9 Å². The van der Waals surface area contributed by atoms with Crippen LogP contribution in [0.2, 0.25) is 0 Å². The fourth-order valence-electron chi connectivity index (χ4n) is 1.42. The predicted octanol–water partition coefficient (Wildman–Crippen LogP) is 0.808. The number of aliphatic carboxylic acids is 1. The molecule has 0 aliphatic carbocycles. The lowest BCUT2D eigenvalue weighted by molar-refractivity contribution is -0.136. The topological polar surface area (TPSA) is 98.0 Å². The quantitative estimate of drug-likeness (QED) is 0.604. The molecule has 1 rings (SSSR count). The number of halogens is 1. The van der Waals surface area contributed by atoms with Crippen molar-refractivity contribution in [2.45, 2.75) is 18.6 Å². The van der Waals surface area contributed by atoms with Gasteiger partial charge in [0.15, 0.2) is 0 Å². The summed E-state index contributed by atoms with van der Waals surface area (Å²) in [5, 5.41) is 37.5. The van der Waals surface area contributed by atoms with Crippen LogP contribution in [-0.4, -0.2) is 37.8 Å². The molecule has 0 saturated carbocycles. The Morgan fingerprint density at radius 3 is 2.53 bits per heavy atom. The molecule has 2 unspecified atom stereocenters. The van der Waals surface area contributed by atoms with E-state index < -0.39 is 18.2 Å². The third-order valence-electron chi connectivity index (χ3n) is 2.29. The summed E-state index contributed by atoms with van der Waals surface area (Å²) in [5.41, 5.74) is 0.571. The van der Waals surface area contributed by atoms with Crippen LogP contribution in [0.4, 0.5) is 0 Å². The molecule has 0 aliphatic heterocycles. The van der Waals surface area contributed by atoms with Crippen LogP contribution in [0.15, 0.2) is 18.2 Å². The van der Waals surface area contributed by atoms with E-state index in [1.165, 1.54) is 18.2 Å². The van der Waals surface area contributed by atoms with Gasteiger partial charge in [-0.25, -0.2) is 0 Å². The molecule has 0 spiro atoms. The summed E-state index contributed by atoms with van der Waals surface area (Å²) in [7, 11) is 0. The first-order valence-corrected chi connectivity index (χ1v) is 6.03. The first kappa shape index (κ1) is 14.0. The zero-order chi connectivity index (χ0) is 13.0.